The van der Waals surface area contributed by atoms with Crippen molar-refractivity contribution >= 4 is 0 Å². The minimum atomic E-state index is -0.176. The molecule has 1 saturated heterocycles. The molecule has 1 N–H and O–H groups in total. The molecule has 82 valence electrons. The van der Waals surface area contributed by atoms with E-state index in [2.05, 4.69) is 5.32 Å². The summed E-state index contributed by atoms with van der Waals surface area (Å²) in [5.74, 6) is 1.18. The van der Waals surface area contributed by atoms with E-state index in [1.165, 1.54) is 12.5 Å². The fraction of sp³-hybridized carbons (Fsp3) is 0.500. The molecule has 0 saturated carbocycles. The van der Waals surface area contributed by atoms with Crippen LogP contribution in [0.2, 0.25) is 0 Å². The standard InChI is InChI=1S/C12H16FNO/c1-9-6-11(2-3-12(9)13)15-8-10-4-5-14-7-10/h2-3,6,10,14H,4-5,7-8H2,1H3. The molecule has 0 spiro atoms. The van der Waals surface area contributed by atoms with Gasteiger partial charge in [0.25, 0.3) is 0 Å². The average molecular weight is 209 g/mol. The van der Waals surface area contributed by atoms with E-state index < -0.39 is 0 Å². The highest BCUT2D eigenvalue weighted by molar-refractivity contribution is 5.28. The molecule has 1 unspecified atom stereocenters. The SMILES string of the molecule is Cc1cc(OCC2CCNC2)ccc1F. The first-order valence-electron chi connectivity index (χ1n) is 5.35. The van der Waals surface area contributed by atoms with Gasteiger partial charge in [-0.1, -0.05) is 0 Å². The van der Waals surface area contributed by atoms with Crippen molar-refractivity contribution in [1.29, 1.82) is 0 Å². The van der Waals surface area contributed by atoms with Crippen molar-refractivity contribution in [2.75, 3.05) is 19.7 Å². The van der Waals surface area contributed by atoms with E-state index in [4.69, 9.17) is 4.74 Å². The van der Waals surface area contributed by atoms with Gasteiger partial charge in [-0.05, 0) is 43.7 Å². The van der Waals surface area contributed by atoms with Crippen LogP contribution in [-0.4, -0.2) is 19.7 Å². The second-order valence-electron chi connectivity index (χ2n) is 4.08. The summed E-state index contributed by atoms with van der Waals surface area (Å²) in [5.41, 5.74) is 0.636. The minimum absolute atomic E-state index is 0.176. The molecule has 1 fully saturated rings. The Morgan fingerprint density at radius 1 is 1.53 bits per heavy atom. The van der Waals surface area contributed by atoms with Gasteiger partial charge in [-0.2, -0.15) is 0 Å². The van der Waals surface area contributed by atoms with Crippen molar-refractivity contribution < 1.29 is 9.13 Å². The largest absolute Gasteiger partial charge is 0.493 e. The first-order chi connectivity index (χ1) is 7.25. The second kappa shape index (κ2) is 4.62. The van der Waals surface area contributed by atoms with Crippen LogP contribution in [0.25, 0.3) is 0 Å². The number of rotatable bonds is 3. The van der Waals surface area contributed by atoms with Crippen LogP contribution in [0.5, 0.6) is 5.75 Å². The summed E-state index contributed by atoms with van der Waals surface area (Å²) < 4.78 is 18.6. The fourth-order valence-electron chi connectivity index (χ4n) is 1.78. The number of nitrogens with one attached hydrogen (secondary N) is 1. The Morgan fingerprint density at radius 2 is 2.40 bits per heavy atom. The number of aryl methyl sites for hydroxylation is 1. The van der Waals surface area contributed by atoms with Crippen LogP contribution >= 0.6 is 0 Å². The van der Waals surface area contributed by atoms with Crippen molar-refractivity contribution in [3.8, 4) is 5.75 Å². The number of hydrogen-bond acceptors (Lipinski definition) is 2. The molecule has 2 rings (SSSR count). The normalized spacial score (nSPS) is 20.5. The molecule has 0 radical (unpaired) electrons. The first kappa shape index (κ1) is 10.4. The lowest BCUT2D eigenvalue weighted by Gasteiger charge is -2.11. The van der Waals surface area contributed by atoms with Gasteiger partial charge in [-0.25, -0.2) is 4.39 Å². The molecule has 2 nitrogen and oxygen atoms in total. The van der Waals surface area contributed by atoms with Crippen LogP contribution in [0.3, 0.4) is 0 Å². The molecule has 0 amide bonds. The zero-order valence-corrected chi connectivity index (χ0v) is 8.92. The van der Waals surface area contributed by atoms with E-state index in [9.17, 15) is 4.39 Å². The molecule has 3 heteroatoms. The van der Waals surface area contributed by atoms with E-state index >= 15 is 0 Å². The first-order valence-corrected chi connectivity index (χ1v) is 5.35. The Hall–Kier alpha value is -1.09. The number of hydrogen-bond donors (Lipinski definition) is 1. The second-order valence-corrected chi connectivity index (χ2v) is 4.08. The molecule has 1 aromatic rings. The highest BCUT2D eigenvalue weighted by atomic mass is 19.1. The molecule has 1 heterocycles. The average Bonchev–Trinajstić information content (AvgIpc) is 2.73. The van der Waals surface area contributed by atoms with Gasteiger partial charge in [-0.3, -0.25) is 0 Å². The lowest BCUT2D eigenvalue weighted by molar-refractivity contribution is 0.259. The molecular weight excluding hydrogens is 193 g/mol. The zero-order chi connectivity index (χ0) is 10.7. The van der Waals surface area contributed by atoms with Crippen LogP contribution < -0.4 is 10.1 Å². The number of halogens is 1. The van der Waals surface area contributed by atoms with Crippen molar-refractivity contribution in [3.63, 3.8) is 0 Å². The molecule has 0 aromatic heterocycles. The van der Waals surface area contributed by atoms with E-state index in [-0.39, 0.29) is 5.82 Å². The molecular formula is C12H16FNO. The molecule has 1 atom stereocenters. The topological polar surface area (TPSA) is 21.3 Å². The zero-order valence-electron chi connectivity index (χ0n) is 8.92. The van der Waals surface area contributed by atoms with E-state index in [0.29, 0.717) is 11.5 Å². The Balaban J connectivity index is 1.90. The monoisotopic (exact) mass is 209 g/mol. The summed E-state index contributed by atoms with van der Waals surface area (Å²) in [7, 11) is 0. The van der Waals surface area contributed by atoms with Crippen LogP contribution in [0.15, 0.2) is 18.2 Å². The molecule has 1 aliphatic heterocycles. The van der Waals surface area contributed by atoms with Crippen molar-refractivity contribution in [2.24, 2.45) is 5.92 Å². The predicted octanol–water partition coefficient (Wildman–Crippen LogP) is 2.12. The quantitative estimate of drug-likeness (QED) is 0.823. The summed E-state index contributed by atoms with van der Waals surface area (Å²) in [6.07, 6.45) is 1.17. The van der Waals surface area contributed by atoms with E-state index in [1.807, 2.05) is 0 Å². The van der Waals surface area contributed by atoms with Crippen molar-refractivity contribution in [1.82, 2.24) is 5.32 Å². The third-order valence-electron chi connectivity index (χ3n) is 2.78. The third-order valence-corrected chi connectivity index (χ3v) is 2.78. The lowest BCUT2D eigenvalue weighted by atomic mass is 10.1. The highest BCUT2D eigenvalue weighted by Crippen LogP contribution is 2.17. The fourth-order valence-corrected chi connectivity index (χ4v) is 1.78. The van der Waals surface area contributed by atoms with Gasteiger partial charge in [0.1, 0.15) is 11.6 Å². The van der Waals surface area contributed by atoms with Crippen LogP contribution in [-0.2, 0) is 0 Å². The van der Waals surface area contributed by atoms with Gasteiger partial charge in [-0.15, -0.1) is 0 Å². The maximum absolute atomic E-state index is 13.0. The van der Waals surface area contributed by atoms with Crippen molar-refractivity contribution in [2.45, 2.75) is 13.3 Å². The maximum atomic E-state index is 13.0. The molecule has 0 bridgehead atoms. The Morgan fingerprint density at radius 3 is 3.07 bits per heavy atom. The highest BCUT2D eigenvalue weighted by Gasteiger charge is 2.14. The smallest absolute Gasteiger partial charge is 0.126 e. The predicted molar refractivity (Wildman–Crippen MR) is 57.6 cm³/mol. The summed E-state index contributed by atoms with van der Waals surface area (Å²) in [6.45, 7) is 4.58. The van der Waals surface area contributed by atoms with Gasteiger partial charge in [0.15, 0.2) is 0 Å². The van der Waals surface area contributed by atoms with Gasteiger partial charge in [0.05, 0.1) is 6.61 Å². The Bertz CT molecular complexity index is 334. The molecule has 1 aliphatic rings. The summed E-state index contributed by atoms with van der Waals surface area (Å²) in [4.78, 5) is 0. The summed E-state index contributed by atoms with van der Waals surface area (Å²) in [6, 6.07) is 4.89. The summed E-state index contributed by atoms with van der Waals surface area (Å²) in [5, 5.41) is 3.29. The van der Waals surface area contributed by atoms with E-state index in [1.54, 1.807) is 19.1 Å². The Kier molecular flexibility index (Phi) is 3.21. The van der Waals surface area contributed by atoms with Crippen molar-refractivity contribution in [3.05, 3.63) is 29.6 Å². The molecule has 15 heavy (non-hydrogen) atoms. The minimum Gasteiger partial charge on any atom is -0.493 e. The van der Waals surface area contributed by atoms with E-state index in [0.717, 1.165) is 25.4 Å². The maximum Gasteiger partial charge on any atom is 0.126 e. The third kappa shape index (κ3) is 2.69. The van der Waals surface area contributed by atoms with Crippen LogP contribution in [0.1, 0.15) is 12.0 Å². The van der Waals surface area contributed by atoms with Gasteiger partial charge < -0.3 is 10.1 Å². The van der Waals surface area contributed by atoms with Crippen LogP contribution in [0.4, 0.5) is 4.39 Å². The Labute approximate surface area is 89.4 Å². The lowest BCUT2D eigenvalue weighted by Crippen LogP contribution is -2.15. The summed E-state index contributed by atoms with van der Waals surface area (Å²) >= 11 is 0. The van der Waals surface area contributed by atoms with Gasteiger partial charge in [0.2, 0.25) is 0 Å². The van der Waals surface area contributed by atoms with Crippen LogP contribution in [0, 0.1) is 18.7 Å². The molecule has 0 aliphatic carbocycles. The number of ether oxygens (including phenoxy) is 1. The number of benzene rings is 1. The van der Waals surface area contributed by atoms with Gasteiger partial charge in [0, 0.05) is 12.5 Å². The molecule has 1 aromatic carbocycles. The van der Waals surface area contributed by atoms with Gasteiger partial charge >= 0.3 is 0 Å².